The van der Waals surface area contributed by atoms with Gasteiger partial charge in [-0.25, -0.2) is 0 Å². The predicted molar refractivity (Wildman–Crippen MR) is 112 cm³/mol. The Labute approximate surface area is 169 Å². The Morgan fingerprint density at radius 3 is 2.41 bits per heavy atom. The highest BCUT2D eigenvalue weighted by Crippen LogP contribution is 2.22. The molecule has 150 valence electrons. The van der Waals surface area contributed by atoms with E-state index in [2.05, 4.69) is 25.5 Å². The van der Waals surface area contributed by atoms with Gasteiger partial charge in [0.2, 0.25) is 0 Å². The van der Waals surface area contributed by atoms with Crippen molar-refractivity contribution in [1.82, 2.24) is 25.5 Å². The summed E-state index contributed by atoms with van der Waals surface area (Å²) >= 11 is 0. The second-order valence-electron chi connectivity index (χ2n) is 7.89. The predicted octanol–water partition coefficient (Wildman–Crippen LogP) is 2.32. The monoisotopic (exact) mass is 391 g/mol. The third kappa shape index (κ3) is 4.46. The summed E-state index contributed by atoms with van der Waals surface area (Å²) in [6.07, 6.45) is 4.88. The molecule has 0 saturated heterocycles. The van der Waals surface area contributed by atoms with Crippen LogP contribution < -0.4 is 10.6 Å². The average molecular weight is 391 g/mol. The maximum Gasteiger partial charge on any atom is 0.267 e. The Bertz CT molecular complexity index is 986. The topological polar surface area (TPSA) is 90.1 Å². The van der Waals surface area contributed by atoms with Crippen LogP contribution in [0.4, 0.5) is 0 Å². The third-order valence-corrected chi connectivity index (χ3v) is 5.19. The zero-order valence-corrected chi connectivity index (χ0v) is 16.6. The molecule has 1 saturated carbocycles. The van der Waals surface area contributed by atoms with Gasteiger partial charge < -0.3 is 20.5 Å². The van der Waals surface area contributed by atoms with Crippen molar-refractivity contribution >= 4 is 22.7 Å². The van der Waals surface area contributed by atoms with E-state index in [1.165, 1.54) is 5.56 Å². The van der Waals surface area contributed by atoms with E-state index in [4.69, 9.17) is 0 Å². The number of carbonyl (C=O) groups excluding carboxylic acids is 2. The molecule has 0 bridgehead atoms. The number of amides is 2. The highest BCUT2D eigenvalue weighted by atomic mass is 16.2. The zero-order chi connectivity index (χ0) is 20.4. The SMILES string of the molecule is CN(C)Cc1ccc(C(=O)NC2CC(NC(=O)c3cc4cnccc4[nH]3)C2)cc1. The lowest BCUT2D eigenvalue weighted by atomic mass is 9.86. The van der Waals surface area contributed by atoms with Crippen LogP contribution in [0.25, 0.3) is 10.9 Å². The maximum atomic E-state index is 12.4. The summed E-state index contributed by atoms with van der Waals surface area (Å²) in [6, 6.07) is 11.5. The van der Waals surface area contributed by atoms with Gasteiger partial charge in [-0.3, -0.25) is 14.6 Å². The standard InChI is InChI=1S/C22H25N5O2/c1-27(2)13-14-3-5-15(6-4-14)21(28)24-17-10-18(11-17)25-22(29)20-9-16-12-23-8-7-19(16)26-20/h3-9,12,17-18,26H,10-11,13H2,1-2H3,(H,24,28)(H,25,29). The number of aromatic nitrogens is 2. The van der Waals surface area contributed by atoms with Crippen LogP contribution in [-0.4, -0.2) is 52.9 Å². The number of pyridine rings is 1. The van der Waals surface area contributed by atoms with Crippen molar-refractivity contribution in [2.75, 3.05) is 14.1 Å². The number of rotatable bonds is 6. The molecule has 1 aliphatic rings. The average Bonchev–Trinajstić information content (AvgIpc) is 3.10. The first-order chi connectivity index (χ1) is 14.0. The van der Waals surface area contributed by atoms with E-state index < -0.39 is 0 Å². The molecule has 3 aromatic rings. The fourth-order valence-electron chi connectivity index (χ4n) is 3.61. The van der Waals surface area contributed by atoms with E-state index in [0.29, 0.717) is 11.3 Å². The van der Waals surface area contributed by atoms with Gasteiger partial charge in [0.25, 0.3) is 11.8 Å². The summed E-state index contributed by atoms with van der Waals surface area (Å²) in [7, 11) is 4.03. The molecule has 7 heteroatoms. The smallest absolute Gasteiger partial charge is 0.267 e. The van der Waals surface area contributed by atoms with Gasteiger partial charge in [-0.05, 0) is 56.8 Å². The Morgan fingerprint density at radius 2 is 1.76 bits per heavy atom. The molecule has 0 radical (unpaired) electrons. The van der Waals surface area contributed by atoms with Crippen molar-refractivity contribution in [3.05, 3.63) is 65.6 Å². The van der Waals surface area contributed by atoms with Gasteiger partial charge in [0.15, 0.2) is 0 Å². The Morgan fingerprint density at radius 1 is 1.07 bits per heavy atom. The van der Waals surface area contributed by atoms with Crippen molar-refractivity contribution in [1.29, 1.82) is 0 Å². The second-order valence-corrected chi connectivity index (χ2v) is 7.89. The van der Waals surface area contributed by atoms with Crippen LogP contribution in [-0.2, 0) is 6.54 Å². The van der Waals surface area contributed by atoms with Crippen molar-refractivity contribution in [3.8, 4) is 0 Å². The van der Waals surface area contributed by atoms with Crippen molar-refractivity contribution < 1.29 is 9.59 Å². The van der Waals surface area contributed by atoms with Crippen molar-refractivity contribution in [2.24, 2.45) is 0 Å². The molecule has 4 rings (SSSR count). The molecule has 7 nitrogen and oxygen atoms in total. The van der Waals surface area contributed by atoms with Crippen LogP contribution in [0.2, 0.25) is 0 Å². The molecule has 1 aromatic carbocycles. The molecule has 1 aliphatic carbocycles. The lowest BCUT2D eigenvalue weighted by Crippen LogP contribution is -2.53. The number of fused-ring (bicyclic) bond motifs is 1. The van der Waals surface area contributed by atoms with Gasteiger partial charge in [-0.1, -0.05) is 12.1 Å². The van der Waals surface area contributed by atoms with E-state index >= 15 is 0 Å². The van der Waals surface area contributed by atoms with E-state index in [-0.39, 0.29) is 23.9 Å². The first kappa shape index (κ1) is 19.1. The van der Waals surface area contributed by atoms with Gasteiger partial charge >= 0.3 is 0 Å². The summed E-state index contributed by atoms with van der Waals surface area (Å²) in [5.41, 5.74) is 3.25. The quantitative estimate of drug-likeness (QED) is 0.602. The number of carbonyl (C=O) groups is 2. The molecule has 0 aliphatic heterocycles. The van der Waals surface area contributed by atoms with Crippen LogP contribution >= 0.6 is 0 Å². The normalized spacial score (nSPS) is 18.4. The lowest BCUT2D eigenvalue weighted by Gasteiger charge is -2.36. The number of nitrogens with zero attached hydrogens (tertiary/aromatic N) is 2. The van der Waals surface area contributed by atoms with E-state index in [1.54, 1.807) is 18.5 Å². The van der Waals surface area contributed by atoms with Crippen molar-refractivity contribution in [3.63, 3.8) is 0 Å². The van der Waals surface area contributed by atoms with Crippen LogP contribution in [0.5, 0.6) is 0 Å². The number of H-pyrrole nitrogens is 1. The van der Waals surface area contributed by atoms with Gasteiger partial charge in [0, 0.05) is 47.5 Å². The molecule has 29 heavy (non-hydrogen) atoms. The summed E-state index contributed by atoms with van der Waals surface area (Å²) in [5.74, 6) is -0.202. The summed E-state index contributed by atoms with van der Waals surface area (Å²) in [5, 5.41) is 6.97. The Kier molecular flexibility index (Phi) is 5.31. The Hall–Kier alpha value is -3.19. The molecule has 3 N–H and O–H groups in total. The molecule has 1 fully saturated rings. The molecule has 2 amide bonds. The zero-order valence-electron chi connectivity index (χ0n) is 16.6. The number of nitrogens with one attached hydrogen (secondary N) is 3. The van der Waals surface area contributed by atoms with Crippen LogP contribution in [0.3, 0.4) is 0 Å². The minimum atomic E-state index is -0.132. The Balaban J connectivity index is 1.25. The minimum Gasteiger partial charge on any atom is -0.350 e. The minimum absolute atomic E-state index is 0.0693. The van der Waals surface area contributed by atoms with E-state index in [9.17, 15) is 9.59 Å². The highest BCUT2D eigenvalue weighted by molar-refractivity contribution is 5.98. The fourth-order valence-corrected chi connectivity index (χ4v) is 3.61. The summed E-state index contributed by atoms with van der Waals surface area (Å²) in [6.45, 7) is 0.846. The number of hydrogen-bond acceptors (Lipinski definition) is 4. The van der Waals surface area contributed by atoms with E-state index in [0.717, 1.165) is 30.3 Å². The van der Waals surface area contributed by atoms with Gasteiger partial charge in [-0.15, -0.1) is 0 Å². The first-order valence-corrected chi connectivity index (χ1v) is 9.76. The molecule has 0 unspecified atom stereocenters. The van der Waals surface area contributed by atoms with Crippen LogP contribution in [0.1, 0.15) is 39.3 Å². The van der Waals surface area contributed by atoms with Crippen molar-refractivity contribution in [2.45, 2.75) is 31.5 Å². The lowest BCUT2D eigenvalue weighted by molar-refractivity contribution is 0.0860. The van der Waals surface area contributed by atoms with Crippen LogP contribution in [0, 0.1) is 0 Å². The number of benzene rings is 1. The molecular formula is C22H25N5O2. The van der Waals surface area contributed by atoms with E-state index in [1.807, 2.05) is 44.4 Å². The fraction of sp³-hybridized carbons (Fsp3) is 0.318. The van der Waals surface area contributed by atoms with Gasteiger partial charge in [-0.2, -0.15) is 0 Å². The molecule has 0 spiro atoms. The largest absolute Gasteiger partial charge is 0.350 e. The summed E-state index contributed by atoms with van der Waals surface area (Å²) < 4.78 is 0. The van der Waals surface area contributed by atoms with Crippen LogP contribution in [0.15, 0.2) is 48.8 Å². The number of hydrogen-bond donors (Lipinski definition) is 3. The number of aromatic amines is 1. The molecule has 2 aromatic heterocycles. The maximum absolute atomic E-state index is 12.4. The highest BCUT2D eigenvalue weighted by Gasteiger charge is 2.32. The third-order valence-electron chi connectivity index (χ3n) is 5.19. The molecule has 2 heterocycles. The molecule has 0 atom stereocenters. The summed E-state index contributed by atoms with van der Waals surface area (Å²) in [4.78, 5) is 34.1. The first-order valence-electron chi connectivity index (χ1n) is 9.76. The van der Waals surface area contributed by atoms with Gasteiger partial charge in [0.1, 0.15) is 5.69 Å². The second kappa shape index (κ2) is 8.05. The molecular weight excluding hydrogens is 366 g/mol. The van der Waals surface area contributed by atoms with Gasteiger partial charge in [0.05, 0.1) is 0 Å².